The van der Waals surface area contributed by atoms with Crippen molar-refractivity contribution >= 4 is 0 Å². The van der Waals surface area contributed by atoms with E-state index in [0.717, 1.165) is 31.1 Å². The van der Waals surface area contributed by atoms with E-state index in [2.05, 4.69) is 44.2 Å². The molecule has 0 saturated heterocycles. The number of hydrogen-bond acceptors (Lipinski definition) is 1. The van der Waals surface area contributed by atoms with E-state index in [1.165, 1.54) is 114 Å². The Kier molecular flexibility index (Phi) is 11.3. The minimum Gasteiger partial charge on any atom is -0.198 e. The lowest BCUT2D eigenvalue weighted by atomic mass is 9.67. The lowest BCUT2D eigenvalue weighted by Crippen LogP contribution is -2.25. The molecule has 0 N–H and O–H groups in total. The van der Waals surface area contributed by atoms with Crippen LogP contribution in [0.25, 0.3) is 0 Å². The van der Waals surface area contributed by atoms with Gasteiger partial charge in [0.05, 0.1) is 11.5 Å². The molecule has 0 unspecified atom stereocenters. The molecule has 0 radical (unpaired) electrons. The van der Waals surface area contributed by atoms with Gasteiger partial charge in [0.15, 0.2) is 0 Å². The van der Waals surface area contributed by atoms with E-state index in [0.29, 0.717) is 5.92 Å². The van der Waals surface area contributed by atoms with Crippen LogP contribution in [0.2, 0.25) is 0 Å². The van der Waals surface area contributed by atoms with E-state index in [1.807, 2.05) is 0 Å². The van der Waals surface area contributed by atoms with Crippen LogP contribution < -0.4 is 0 Å². The normalized spacial score (nSPS) is 27.8. The summed E-state index contributed by atoms with van der Waals surface area (Å²) in [5, 5.41) is 9.76. The Morgan fingerprint density at radius 3 is 1.97 bits per heavy atom. The number of nitrogens with zero attached hydrogens (tertiary/aromatic N) is 1. The third-order valence-electron chi connectivity index (χ3n) is 9.16. The second-order valence-electron chi connectivity index (χ2n) is 11.6. The van der Waals surface area contributed by atoms with E-state index in [4.69, 9.17) is 0 Å². The Bertz CT molecular complexity index is 680. The third kappa shape index (κ3) is 8.46. The second kappa shape index (κ2) is 14.2. The van der Waals surface area contributed by atoms with Crippen molar-refractivity contribution in [1.82, 2.24) is 0 Å². The number of benzene rings is 1. The molecule has 0 amide bonds. The SMILES string of the molecule is CCCCCCCC1CCC(CCc2ccc(C3CCC(C#N)(CCCC)CC3)cc2)CC1. The van der Waals surface area contributed by atoms with Crippen molar-refractivity contribution in [3.63, 3.8) is 0 Å². The Morgan fingerprint density at radius 1 is 0.758 bits per heavy atom. The first-order valence-electron chi connectivity index (χ1n) is 14.7. The van der Waals surface area contributed by atoms with Gasteiger partial charge in [-0.15, -0.1) is 0 Å². The lowest BCUT2D eigenvalue weighted by molar-refractivity contribution is 0.224. The smallest absolute Gasteiger partial charge is 0.0689 e. The summed E-state index contributed by atoms with van der Waals surface area (Å²) in [7, 11) is 0. The van der Waals surface area contributed by atoms with E-state index in [1.54, 1.807) is 0 Å². The highest BCUT2D eigenvalue weighted by Gasteiger charge is 2.35. The van der Waals surface area contributed by atoms with Crippen LogP contribution in [-0.4, -0.2) is 0 Å². The molecule has 3 rings (SSSR count). The maximum absolute atomic E-state index is 9.76. The molecule has 0 aromatic heterocycles. The molecule has 2 aliphatic carbocycles. The van der Waals surface area contributed by atoms with Crippen LogP contribution >= 0.6 is 0 Å². The van der Waals surface area contributed by atoms with Crippen molar-refractivity contribution < 1.29 is 0 Å². The second-order valence-corrected chi connectivity index (χ2v) is 11.6. The van der Waals surface area contributed by atoms with Crippen molar-refractivity contribution in [3.8, 4) is 6.07 Å². The van der Waals surface area contributed by atoms with E-state index >= 15 is 0 Å². The first-order chi connectivity index (χ1) is 16.2. The van der Waals surface area contributed by atoms with Gasteiger partial charge in [-0.2, -0.15) is 5.26 Å². The molecule has 33 heavy (non-hydrogen) atoms. The minimum atomic E-state index is -0.0273. The van der Waals surface area contributed by atoms with Crippen LogP contribution in [0.3, 0.4) is 0 Å². The molecule has 1 aromatic carbocycles. The molecular formula is C32H51N. The number of rotatable bonds is 13. The zero-order valence-electron chi connectivity index (χ0n) is 21.9. The molecule has 1 aromatic rings. The first-order valence-corrected chi connectivity index (χ1v) is 14.7. The summed E-state index contributed by atoms with van der Waals surface area (Å²) >= 11 is 0. The van der Waals surface area contributed by atoms with Gasteiger partial charge in [0.1, 0.15) is 0 Å². The zero-order chi connectivity index (χ0) is 23.4. The van der Waals surface area contributed by atoms with Gasteiger partial charge in [-0.3, -0.25) is 0 Å². The first kappa shape index (κ1) is 26.3. The molecule has 2 aliphatic rings. The van der Waals surface area contributed by atoms with E-state index in [-0.39, 0.29) is 5.41 Å². The van der Waals surface area contributed by atoms with Crippen LogP contribution in [0.5, 0.6) is 0 Å². The fourth-order valence-corrected chi connectivity index (χ4v) is 6.61. The summed E-state index contributed by atoms with van der Waals surface area (Å²) in [6, 6.07) is 12.3. The zero-order valence-corrected chi connectivity index (χ0v) is 21.9. The summed E-state index contributed by atoms with van der Waals surface area (Å²) in [4.78, 5) is 0. The van der Waals surface area contributed by atoms with Crippen molar-refractivity contribution in [2.75, 3.05) is 0 Å². The maximum atomic E-state index is 9.76. The lowest BCUT2D eigenvalue weighted by Gasteiger charge is -2.35. The molecule has 1 nitrogen and oxygen atoms in total. The number of unbranched alkanes of at least 4 members (excludes halogenated alkanes) is 5. The van der Waals surface area contributed by atoms with Crippen LogP contribution in [0.15, 0.2) is 24.3 Å². The Balaban J connectivity index is 1.34. The highest BCUT2D eigenvalue weighted by Crippen LogP contribution is 2.45. The predicted octanol–water partition coefficient (Wildman–Crippen LogP) is 10.1. The monoisotopic (exact) mass is 449 g/mol. The van der Waals surface area contributed by atoms with Crippen LogP contribution in [0, 0.1) is 28.6 Å². The van der Waals surface area contributed by atoms with Crippen LogP contribution in [-0.2, 0) is 6.42 Å². The van der Waals surface area contributed by atoms with Gasteiger partial charge in [0.25, 0.3) is 0 Å². The maximum Gasteiger partial charge on any atom is 0.0689 e. The molecule has 0 heterocycles. The number of hydrogen-bond donors (Lipinski definition) is 0. The highest BCUT2D eigenvalue weighted by molar-refractivity contribution is 5.26. The van der Waals surface area contributed by atoms with Gasteiger partial charge in [-0.1, -0.05) is 115 Å². The Labute approximate surface area is 205 Å². The average Bonchev–Trinajstić information content (AvgIpc) is 2.87. The molecule has 2 saturated carbocycles. The van der Waals surface area contributed by atoms with Gasteiger partial charge in [0, 0.05) is 0 Å². The minimum absolute atomic E-state index is 0.0273. The van der Waals surface area contributed by atoms with E-state index < -0.39 is 0 Å². The van der Waals surface area contributed by atoms with Gasteiger partial charge in [-0.25, -0.2) is 0 Å². The Morgan fingerprint density at radius 2 is 1.36 bits per heavy atom. The summed E-state index contributed by atoms with van der Waals surface area (Å²) < 4.78 is 0. The molecule has 0 bridgehead atoms. The molecule has 1 heteroatoms. The van der Waals surface area contributed by atoms with Crippen LogP contribution in [0.4, 0.5) is 0 Å². The summed E-state index contributed by atoms with van der Waals surface area (Å²) in [5.41, 5.74) is 3.02. The third-order valence-corrected chi connectivity index (χ3v) is 9.16. The summed E-state index contributed by atoms with van der Waals surface area (Å²) in [5.74, 6) is 2.65. The van der Waals surface area contributed by atoms with Crippen molar-refractivity contribution in [2.24, 2.45) is 17.3 Å². The van der Waals surface area contributed by atoms with Gasteiger partial charge >= 0.3 is 0 Å². The highest BCUT2D eigenvalue weighted by atomic mass is 14.4. The fourth-order valence-electron chi connectivity index (χ4n) is 6.61. The average molecular weight is 450 g/mol. The van der Waals surface area contributed by atoms with Crippen molar-refractivity contribution in [3.05, 3.63) is 35.4 Å². The molecule has 0 aliphatic heterocycles. The number of aryl methyl sites for hydroxylation is 1. The van der Waals surface area contributed by atoms with Gasteiger partial charge < -0.3 is 0 Å². The van der Waals surface area contributed by atoms with Gasteiger partial charge in [-0.05, 0) is 73.8 Å². The van der Waals surface area contributed by atoms with E-state index in [9.17, 15) is 5.26 Å². The number of nitriles is 1. The molecule has 0 spiro atoms. The van der Waals surface area contributed by atoms with Crippen molar-refractivity contribution in [1.29, 1.82) is 5.26 Å². The predicted molar refractivity (Wildman–Crippen MR) is 142 cm³/mol. The summed E-state index contributed by atoms with van der Waals surface area (Å²) in [6.45, 7) is 4.54. The summed E-state index contributed by atoms with van der Waals surface area (Å²) in [6.07, 6.45) is 25.3. The topological polar surface area (TPSA) is 23.8 Å². The molecule has 0 atom stereocenters. The Hall–Kier alpha value is -1.29. The largest absolute Gasteiger partial charge is 0.198 e. The molecule has 184 valence electrons. The molecule has 2 fully saturated rings. The fraction of sp³-hybridized carbons (Fsp3) is 0.781. The molecular weight excluding hydrogens is 398 g/mol. The van der Waals surface area contributed by atoms with Gasteiger partial charge in [0.2, 0.25) is 0 Å². The standard InChI is InChI=1S/C32H51N/c1-3-5-7-8-9-10-27-11-13-28(14-12-27)15-16-29-17-19-30(20-18-29)31-21-24-32(26-33,25-22-31)23-6-4-2/h17-20,27-28,31H,3-16,21-25H2,1-2H3. The van der Waals surface area contributed by atoms with Crippen LogP contribution in [0.1, 0.15) is 146 Å². The van der Waals surface area contributed by atoms with Crippen molar-refractivity contribution in [2.45, 2.75) is 142 Å². The quantitative estimate of drug-likeness (QED) is 0.275.